The molecule has 1 aliphatic heterocycles. The first kappa shape index (κ1) is 22.2. The maximum atomic E-state index is 14.4. The van der Waals surface area contributed by atoms with Gasteiger partial charge in [0, 0.05) is 56.6 Å². The van der Waals surface area contributed by atoms with E-state index in [2.05, 4.69) is 42.1 Å². The van der Waals surface area contributed by atoms with Crippen LogP contribution in [0.5, 0.6) is 0 Å². The minimum absolute atomic E-state index is 0.154. The van der Waals surface area contributed by atoms with Crippen LogP contribution in [0.4, 0.5) is 20.5 Å². The largest absolute Gasteiger partial charge is 0.309 e. The van der Waals surface area contributed by atoms with Crippen molar-refractivity contribution in [1.29, 1.82) is 0 Å². The fraction of sp³-hybridized carbons (Fsp3) is 0.455. The Balaban J connectivity index is 1.48. The summed E-state index contributed by atoms with van der Waals surface area (Å²) in [4.78, 5) is 17.0. The number of nitrogens with zero attached hydrogens (tertiary/aromatic N) is 7. The quantitative estimate of drug-likeness (QED) is 0.574. The molecular formula is C22H28F2N8. The van der Waals surface area contributed by atoms with Gasteiger partial charge in [0.1, 0.15) is 17.3 Å². The average Bonchev–Trinajstić information content (AvgIpc) is 3.26. The van der Waals surface area contributed by atoms with Gasteiger partial charge in [-0.1, -0.05) is 13.8 Å². The van der Waals surface area contributed by atoms with Crippen molar-refractivity contribution in [3.63, 3.8) is 0 Å². The first-order chi connectivity index (χ1) is 15.6. The molecule has 0 aliphatic carbocycles. The Kier molecular flexibility index (Phi) is 7.01. The highest BCUT2D eigenvalue weighted by Crippen LogP contribution is 2.23. The summed E-state index contributed by atoms with van der Waals surface area (Å²) in [7, 11) is 0. The lowest BCUT2D eigenvalue weighted by molar-refractivity contribution is 0.131. The minimum atomic E-state index is -0.537. The molecule has 3 aromatic heterocycles. The van der Waals surface area contributed by atoms with E-state index in [1.165, 1.54) is 6.20 Å². The standard InChI is InChI=1S/C22H28F2N8/c1-3-5-32-15-17(11-27-32)21-19(24)13-26-22(29-21)28-20-10-16(18(23)12-25-20)14-31-8-6-30(4-2)7-9-31/h10-13,15H,3-9,14H2,1-2H3,(H,25,26,28,29). The minimum Gasteiger partial charge on any atom is -0.309 e. The smallest absolute Gasteiger partial charge is 0.229 e. The molecule has 0 amide bonds. The third-order valence-corrected chi connectivity index (χ3v) is 5.58. The van der Waals surface area contributed by atoms with Crippen LogP contribution in [0.3, 0.4) is 0 Å². The Morgan fingerprint density at radius 3 is 2.47 bits per heavy atom. The summed E-state index contributed by atoms with van der Waals surface area (Å²) < 4.78 is 30.5. The molecule has 0 saturated carbocycles. The lowest BCUT2D eigenvalue weighted by Gasteiger charge is -2.34. The highest BCUT2D eigenvalue weighted by molar-refractivity contribution is 5.60. The second-order valence-electron chi connectivity index (χ2n) is 7.88. The van der Waals surface area contributed by atoms with Crippen molar-refractivity contribution in [3.8, 4) is 11.3 Å². The number of aryl methyl sites for hydroxylation is 1. The predicted octanol–water partition coefficient (Wildman–Crippen LogP) is 3.30. The maximum Gasteiger partial charge on any atom is 0.229 e. The summed E-state index contributed by atoms with van der Waals surface area (Å²) in [6.07, 6.45) is 6.56. The van der Waals surface area contributed by atoms with Gasteiger partial charge in [0.25, 0.3) is 0 Å². The number of aromatic nitrogens is 5. The van der Waals surface area contributed by atoms with Crippen molar-refractivity contribution in [1.82, 2.24) is 34.5 Å². The van der Waals surface area contributed by atoms with Crippen LogP contribution in [0.2, 0.25) is 0 Å². The van der Waals surface area contributed by atoms with E-state index in [4.69, 9.17) is 0 Å². The van der Waals surface area contributed by atoms with E-state index in [0.29, 0.717) is 23.5 Å². The molecule has 32 heavy (non-hydrogen) atoms. The van der Waals surface area contributed by atoms with E-state index < -0.39 is 5.82 Å². The zero-order valence-electron chi connectivity index (χ0n) is 18.4. The van der Waals surface area contributed by atoms with Crippen molar-refractivity contribution in [2.75, 3.05) is 38.0 Å². The maximum absolute atomic E-state index is 14.4. The second-order valence-corrected chi connectivity index (χ2v) is 7.88. The van der Waals surface area contributed by atoms with E-state index in [0.717, 1.165) is 51.9 Å². The summed E-state index contributed by atoms with van der Waals surface area (Å²) in [6, 6.07) is 1.66. The Morgan fingerprint density at radius 2 is 1.72 bits per heavy atom. The average molecular weight is 443 g/mol. The van der Waals surface area contributed by atoms with Gasteiger partial charge >= 0.3 is 0 Å². The van der Waals surface area contributed by atoms with Gasteiger partial charge in [-0.05, 0) is 19.0 Å². The molecule has 1 aliphatic rings. The van der Waals surface area contributed by atoms with Gasteiger partial charge < -0.3 is 10.2 Å². The van der Waals surface area contributed by atoms with Crippen molar-refractivity contribution in [2.45, 2.75) is 33.4 Å². The van der Waals surface area contributed by atoms with Gasteiger partial charge in [-0.2, -0.15) is 5.10 Å². The molecule has 0 aromatic carbocycles. The molecule has 4 heterocycles. The zero-order valence-corrected chi connectivity index (χ0v) is 18.4. The van der Waals surface area contributed by atoms with Gasteiger partial charge in [-0.25, -0.2) is 23.7 Å². The summed E-state index contributed by atoms with van der Waals surface area (Å²) in [5.74, 6) is -0.290. The first-order valence-corrected chi connectivity index (χ1v) is 11.0. The molecule has 0 radical (unpaired) electrons. The van der Waals surface area contributed by atoms with Crippen molar-refractivity contribution in [2.24, 2.45) is 0 Å². The number of likely N-dealkylation sites (N-methyl/N-ethyl adjacent to an activating group) is 1. The molecule has 0 unspecified atom stereocenters. The van der Waals surface area contributed by atoms with Crippen molar-refractivity contribution < 1.29 is 8.78 Å². The number of rotatable bonds is 8. The molecule has 8 nitrogen and oxygen atoms in total. The number of halogens is 2. The topological polar surface area (TPSA) is 75.0 Å². The fourth-order valence-electron chi connectivity index (χ4n) is 3.76. The molecule has 0 atom stereocenters. The number of piperazine rings is 1. The van der Waals surface area contributed by atoms with Gasteiger partial charge in [-0.3, -0.25) is 9.58 Å². The Labute approximate surface area is 186 Å². The van der Waals surface area contributed by atoms with Crippen LogP contribution < -0.4 is 5.32 Å². The van der Waals surface area contributed by atoms with E-state index in [1.54, 1.807) is 23.1 Å². The summed E-state index contributed by atoms with van der Waals surface area (Å²) >= 11 is 0. The highest BCUT2D eigenvalue weighted by Gasteiger charge is 2.18. The molecule has 1 saturated heterocycles. The fourth-order valence-corrected chi connectivity index (χ4v) is 3.76. The first-order valence-electron chi connectivity index (χ1n) is 11.0. The third-order valence-electron chi connectivity index (χ3n) is 5.58. The van der Waals surface area contributed by atoms with E-state index in [1.807, 2.05) is 6.92 Å². The molecular weight excluding hydrogens is 414 g/mol. The summed E-state index contributed by atoms with van der Waals surface area (Å²) in [5.41, 5.74) is 1.27. The Hall–Kier alpha value is -2.98. The second kappa shape index (κ2) is 10.1. The number of hydrogen-bond acceptors (Lipinski definition) is 7. The zero-order chi connectivity index (χ0) is 22.5. The summed E-state index contributed by atoms with van der Waals surface area (Å²) in [5, 5.41) is 7.21. The molecule has 10 heteroatoms. The van der Waals surface area contributed by atoms with Crippen LogP contribution in [0.25, 0.3) is 11.3 Å². The lowest BCUT2D eigenvalue weighted by atomic mass is 10.2. The van der Waals surface area contributed by atoms with Crippen LogP contribution in [0.1, 0.15) is 25.8 Å². The van der Waals surface area contributed by atoms with E-state index in [9.17, 15) is 8.78 Å². The van der Waals surface area contributed by atoms with Crippen LogP contribution in [-0.2, 0) is 13.1 Å². The van der Waals surface area contributed by atoms with Gasteiger partial charge in [0.05, 0.1) is 18.6 Å². The summed E-state index contributed by atoms with van der Waals surface area (Å²) in [6.45, 7) is 10.2. The van der Waals surface area contributed by atoms with Crippen LogP contribution in [0.15, 0.2) is 30.9 Å². The number of anilines is 2. The monoisotopic (exact) mass is 442 g/mol. The molecule has 1 fully saturated rings. The van der Waals surface area contributed by atoms with Gasteiger partial charge in [0.2, 0.25) is 5.95 Å². The molecule has 4 rings (SSSR count). The third kappa shape index (κ3) is 5.25. The Morgan fingerprint density at radius 1 is 0.969 bits per heavy atom. The van der Waals surface area contributed by atoms with Gasteiger partial charge in [0.15, 0.2) is 5.82 Å². The number of nitrogens with one attached hydrogen (secondary N) is 1. The molecule has 3 aromatic rings. The molecule has 0 spiro atoms. The highest BCUT2D eigenvalue weighted by atomic mass is 19.1. The van der Waals surface area contributed by atoms with Crippen molar-refractivity contribution in [3.05, 3.63) is 48.1 Å². The number of pyridine rings is 1. The Bertz CT molecular complexity index is 1050. The van der Waals surface area contributed by atoms with Crippen molar-refractivity contribution >= 4 is 11.8 Å². The normalized spacial score (nSPS) is 15.2. The van der Waals surface area contributed by atoms with E-state index >= 15 is 0 Å². The number of hydrogen-bond donors (Lipinski definition) is 1. The SMILES string of the molecule is CCCn1cc(-c2nc(Nc3cc(CN4CCN(CC)CC4)c(F)cn3)ncc2F)cn1. The van der Waals surface area contributed by atoms with Crippen LogP contribution in [-0.4, -0.2) is 67.3 Å². The lowest BCUT2D eigenvalue weighted by Crippen LogP contribution is -2.45. The molecule has 1 N–H and O–H groups in total. The predicted molar refractivity (Wildman–Crippen MR) is 118 cm³/mol. The van der Waals surface area contributed by atoms with Crippen LogP contribution in [0, 0.1) is 11.6 Å². The molecule has 0 bridgehead atoms. The van der Waals surface area contributed by atoms with Crippen LogP contribution >= 0.6 is 0 Å². The molecule has 170 valence electrons. The van der Waals surface area contributed by atoms with E-state index in [-0.39, 0.29) is 17.5 Å². The van der Waals surface area contributed by atoms with Gasteiger partial charge in [-0.15, -0.1) is 0 Å².